The van der Waals surface area contributed by atoms with Crippen molar-refractivity contribution in [2.45, 2.75) is 58.9 Å². The minimum absolute atomic E-state index is 0.135. The summed E-state index contributed by atoms with van der Waals surface area (Å²) < 4.78 is 26.2. The summed E-state index contributed by atoms with van der Waals surface area (Å²) in [4.78, 5) is 12.9. The van der Waals surface area contributed by atoms with Gasteiger partial charge in [0.05, 0.1) is 18.0 Å². The molecular weight excluding hydrogens is 396 g/mol. The van der Waals surface area contributed by atoms with Crippen molar-refractivity contribution in [3.8, 4) is 0 Å². The molecule has 0 heterocycles. The van der Waals surface area contributed by atoms with E-state index in [1.54, 1.807) is 0 Å². The number of benzene rings is 2. The Morgan fingerprint density at radius 3 is 2.30 bits per heavy atom. The highest BCUT2D eigenvalue weighted by Crippen LogP contribution is 2.28. The predicted molar refractivity (Wildman–Crippen MR) is 122 cm³/mol. The van der Waals surface area contributed by atoms with E-state index in [4.69, 9.17) is 0 Å². The van der Waals surface area contributed by atoms with E-state index in [9.17, 15) is 13.2 Å². The van der Waals surface area contributed by atoms with Gasteiger partial charge in [-0.2, -0.15) is 0 Å². The normalized spacial score (nSPS) is 14.7. The van der Waals surface area contributed by atoms with Crippen LogP contribution in [0.15, 0.2) is 36.4 Å². The lowest BCUT2D eigenvalue weighted by molar-refractivity contribution is -0.120. The molecule has 1 amide bonds. The van der Waals surface area contributed by atoms with Gasteiger partial charge in [0.1, 0.15) is 6.54 Å². The highest BCUT2D eigenvalue weighted by molar-refractivity contribution is 7.92. The number of rotatable bonds is 7. The number of anilines is 1. The van der Waals surface area contributed by atoms with Crippen molar-refractivity contribution < 1.29 is 13.2 Å². The Balaban J connectivity index is 1.81. The summed E-state index contributed by atoms with van der Waals surface area (Å²) in [5.74, 6) is -0.298. The van der Waals surface area contributed by atoms with Gasteiger partial charge in [0, 0.05) is 0 Å². The number of hydrogen-bond donors (Lipinski definition) is 1. The third-order valence-electron chi connectivity index (χ3n) is 5.89. The fourth-order valence-electron chi connectivity index (χ4n) is 4.32. The minimum atomic E-state index is -3.60. The van der Waals surface area contributed by atoms with E-state index in [-0.39, 0.29) is 18.5 Å². The summed E-state index contributed by atoms with van der Waals surface area (Å²) in [7, 11) is -3.60. The number of fused-ring (bicyclic) bond motifs is 1. The number of carbonyl (C=O) groups excluding carboxylic acids is 1. The Labute approximate surface area is 180 Å². The smallest absolute Gasteiger partial charge is 0.241 e. The molecule has 2 aromatic rings. The fourth-order valence-corrected chi connectivity index (χ4v) is 5.29. The average Bonchev–Trinajstić information content (AvgIpc) is 2.70. The number of para-hydroxylation sites is 1. The molecule has 0 spiro atoms. The second-order valence-electron chi connectivity index (χ2n) is 8.27. The van der Waals surface area contributed by atoms with Crippen molar-refractivity contribution in [2.75, 3.05) is 17.1 Å². The maximum Gasteiger partial charge on any atom is 0.241 e. The largest absolute Gasteiger partial charge is 0.348 e. The number of aryl methyl sites for hydroxylation is 4. The maximum absolute atomic E-state index is 12.9. The number of nitrogens with one attached hydrogen (secondary N) is 1. The molecule has 1 N–H and O–H groups in total. The third kappa shape index (κ3) is 5.04. The zero-order valence-electron chi connectivity index (χ0n) is 18.4. The number of carbonyl (C=O) groups is 1. The monoisotopic (exact) mass is 428 g/mol. The van der Waals surface area contributed by atoms with Crippen LogP contribution in [0.25, 0.3) is 0 Å². The molecule has 0 saturated heterocycles. The van der Waals surface area contributed by atoms with Crippen LogP contribution in [0.3, 0.4) is 0 Å². The van der Waals surface area contributed by atoms with Crippen LogP contribution in [0.1, 0.15) is 60.0 Å². The van der Waals surface area contributed by atoms with Crippen LogP contribution in [0, 0.1) is 13.8 Å². The number of sulfonamides is 1. The first-order valence-electron chi connectivity index (χ1n) is 10.7. The summed E-state index contributed by atoms with van der Waals surface area (Å²) in [5, 5.41) is 3.06. The quantitative estimate of drug-likeness (QED) is 0.718. The van der Waals surface area contributed by atoms with Gasteiger partial charge in [-0.3, -0.25) is 9.10 Å². The van der Waals surface area contributed by atoms with E-state index in [0.717, 1.165) is 42.2 Å². The van der Waals surface area contributed by atoms with E-state index in [1.807, 2.05) is 39.0 Å². The van der Waals surface area contributed by atoms with Crippen LogP contribution < -0.4 is 9.62 Å². The van der Waals surface area contributed by atoms with Crippen molar-refractivity contribution in [1.29, 1.82) is 0 Å². The summed E-state index contributed by atoms with van der Waals surface area (Å²) in [6.07, 6.45) is 6.54. The molecule has 3 rings (SSSR count). The zero-order chi connectivity index (χ0) is 21.9. The lowest BCUT2D eigenvalue weighted by atomic mass is 9.89. The van der Waals surface area contributed by atoms with Gasteiger partial charge in [0.25, 0.3) is 0 Å². The molecule has 0 radical (unpaired) electrons. The number of nitrogens with zero attached hydrogens (tertiary/aromatic N) is 1. The van der Waals surface area contributed by atoms with Gasteiger partial charge < -0.3 is 5.32 Å². The van der Waals surface area contributed by atoms with Crippen LogP contribution in [0.4, 0.5) is 5.69 Å². The second-order valence-corrected chi connectivity index (χ2v) is 10.2. The van der Waals surface area contributed by atoms with Crippen LogP contribution in [0.5, 0.6) is 0 Å². The fraction of sp³-hybridized carbons (Fsp3) is 0.458. The predicted octanol–water partition coefficient (Wildman–Crippen LogP) is 4.22. The molecule has 0 saturated carbocycles. The molecule has 162 valence electrons. The molecule has 0 unspecified atom stereocenters. The van der Waals surface area contributed by atoms with E-state index in [2.05, 4.69) is 23.5 Å². The number of amides is 1. The third-order valence-corrected chi connectivity index (χ3v) is 7.01. The Kier molecular flexibility index (Phi) is 6.86. The Bertz CT molecular complexity index is 1010. The van der Waals surface area contributed by atoms with E-state index < -0.39 is 10.0 Å². The summed E-state index contributed by atoms with van der Waals surface area (Å²) in [5.41, 5.74) is 6.11. The van der Waals surface area contributed by atoms with Crippen LogP contribution in [0.2, 0.25) is 0 Å². The molecule has 0 aliphatic heterocycles. The lowest BCUT2D eigenvalue weighted by Gasteiger charge is -2.27. The van der Waals surface area contributed by atoms with Crippen molar-refractivity contribution >= 4 is 21.6 Å². The molecule has 1 aliphatic rings. The first kappa shape index (κ1) is 22.3. The first-order valence-corrected chi connectivity index (χ1v) is 12.5. The van der Waals surface area contributed by atoms with Crippen molar-refractivity contribution in [1.82, 2.24) is 5.32 Å². The molecule has 0 aromatic heterocycles. The highest BCUT2D eigenvalue weighted by Gasteiger charge is 2.25. The second kappa shape index (κ2) is 9.21. The van der Waals surface area contributed by atoms with Gasteiger partial charge in [-0.25, -0.2) is 8.42 Å². The van der Waals surface area contributed by atoms with Gasteiger partial charge in [-0.05, 0) is 73.8 Å². The molecule has 1 atom stereocenters. The van der Waals surface area contributed by atoms with Crippen LogP contribution in [-0.4, -0.2) is 27.1 Å². The average molecular weight is 429 g/mol. The molecule has 0 bridgehead atoms. The van der Waals surface area contributed by atoms with Gasteiger partial charge in [0.2, 0.25) is 15.9 Å². The van der Waals surface area contributed by atoms with Gasteiger partial charge >= 0.3 is 0 Å². The molecule has 1 aliphatic carbocycles. The highest BCUT2D eigenvalue weighted by atomic mass is 32.2. The van der Waals surface area contributed by atoms with Crippen molar-refractivity contribution in [2.24, 2.45) is 0 Å². The van der Waals surface area contributed by atoms with Crippen molar-refractivity contribution in [3.63, 3.8) is 0 Å². The maximum atomic E-state index is 12.9. The topological polar surface area (TPSA) is 66.5 Å². The summed E-state index contributed by atoms with van der Waals surface area (Å²) in [6, 6.07) is 12.0. The van der Waals surface area contributed by atoms with Crippen molar-refractivity contribution in [3.05, 3.63) is 64.2 Å². The van der Waals surface area contributed by atoms with Crippen LogP contribution >= 0.6 is 0 Å². The van der Waals surface area contributed by atoms with Crippen LogP contribution in [-0.2, 0) is 27.7 Å². The van der Waals surface area contributed by atoms with Gasteiger partial charge in [-0.1, -0.05) is 43.3 Å². The van der Waals surface area contributed by atoms with E-state index >= 15 is 0 Å². The van der Waals surface area contributed by atoms with Gasteiger partial charge in [0.15, 0.2) is 0 Å². The standard InChI is InChI=1S/C24H32N2O3S/c1-5-22(21-14-13-19-11-6-7-12-20(19)15-21)25-23(27)16-26(30(4,28)29)24-17(2)9-8-10-18(24)3/h8-10,13-15,22H,5-7,11-12,16H2,1-4H3,(H,25,27)/t22-/m1/s1. The Morgan fingerprint density at radius 1 is 1.07 bits per heavy atom. The SMILES string of the molecule is CC[C@@H](NC(=O)CN(c1c(C)cccc1C)S(C)(=O)=O)c1ccc2c(c1)CCCC2. The van der Waals surface area contributed by atoms with E-state index in [0.29, 0.717) is 5.69 Å². The summed E-state index contributed by atoms with van der Waals surface area (Å²) in [6.45, 7) is 5.52. The molecule has 0 fully saturated rings. The molecule has 2 aromatic carbocycles. The van der Waals surface area contributed by atoms with Gasteiger partial charge in [-0.15, -0.1) is 0 Å². The molecule has 30 heavy (non-hydrogen) atoms. The molecular formula is C24H32N2O3S. The minimum Gasteiger partial charge on any atom is -0.348 e. The molecule has 5 nitrogen and oxygen atoms in total. The molecule has 6 heteroatoms. The lowest BCUT2D eigenvalue weighted by Crippen LogP contribution is -2.42. The Hall–Kier alpha value is -2.34. The first-order chi connectivity index (χ1) is 14.2. The summed E-state index contributed by atoms with van der Waals surface area (Å²) >= 11 is 0. The number of hydrogen-bond acceptors (Lipinski definition) is 3. The Morgan fingerprint density at radius 2 is 1.70 bits per heavy atom. The zero-order valence-corrected chi connectivity index (χ0v) is 19.2. The van der Waals surface area contributed by atoms with E-state index in [1.165, 1.54) is 28.3 Å².